The van der Waals surface area contributed by atoms with Crippen LogP contribution in [-0.4, -0.2) is 10.8 Å². The van der Waals surface area contributed by atoms with E-state index in [-0.39, 0.29) is 5.91 Å². The minimum atomic E-state index is 0.0372. The molecular formula is C21H18BrNO. The van der Waals surface area contributed by atoms with E-state index in [1.165, 1.54) is 0 Å². The molecule has 2 nitrogen and oxygen atoms in total. The van der Waals surface area contributed by atoms with E-state index in [2.05, 4.69) is 15.9 Å². The van der Waals surface area contributed by atoms with Crippen molar-refractivity contribution in [1.82, 2.24) is 4.90 Å². The number of benzene rings is 3. The van der Waals surface area contributed by atoms with Crippen molar-refractivity contribution >= 4 is 21.8 Å². The molecule has 0 heterocycles. The average Bonchev–Trinajstić information content (AvgIpc) is 2.63. The van der Waals surface area contributed by atoms with Gasteiger partial charge >= 0.3 is 0 Å². The van der Waals surface area contributed by atoms with Crippen molar-refractivity contribution in [3.8, 4) is 0 Å². The van der Waals surface area contributed by atoms with Crippen LogP contribution in [0.2, 0.25) is 0 Å². The predicted molar refractivity (Wildman–Crippen MR) is 101 cm³/mol. The fourth-order valence-electron chi connectivity index (χ4n) is 2.58. The predicted octanol–water partition coefficient (Wildman–Crippen LogP) is 5.29. The Bertz CT molecular complexity index is 744. The van der Waals surface area contributed by atoms with E-state index in [0.29, 0.717) is 18.7 Å². The van der Waals surface area contributed by atoms with Gasteiger partial charge in [-0.15, -0.1) is 0 Å². The minimum Gasteiger partial charge on any atom is -0.330 e. The van der Waals surface area contributed by atoms with Gasteiger partial charge in [-0.1, -0.05) is 76.6 Å². The largest absolute Gasteiger partial charge is 0.330 e. The number of carbonyl (C=O) groups is 1. The third kappa shape index (κ3) is 4.33. The molecule has 3 aromatic rings. The summed E-state index contributed by atoms with van der Waals surface area (Å²) in [4.78, 5) is 14.9. The quantitative estimate of drug-likeness (QED) is 0.589. The van der Waals surface area contributed by atoms with Gasteiger partial charge in [0.2, 0.25) is 0 Å². The zero-order chi connectivity index (χ0) is 16.8. The topological polar surface area (TPSA) is 20.3 Å². The summed E-state index contributed by atoms with van der Waals surface area (Å²) in [6, 6.07) is 27.7. The van der Waals surface area contributed by atoms with Gasteiger partial charge in [0.15, 0.2) is 0 Å². The molecule has 0 unspecified atom stereocenters. The fraction of sp³-hybridized carbons (Fsp3) is 0.0952. The normalized spacial score (nSPS) is 10.4. The Morgan fingerprint density at radius 1 is 0.708 bits per heavy atom. The molecule has 3 rings (SSSR count). The standard InChI is InChI=1S/C21H18BrNO/c22-20-13-11-19(12-14-20)21(24)23(15-17-7-3-1-4-8-17)16-18-9-5-2-6-10-18/h1-14H,15-16H2. The summed E-state index contributed by atoms with van der Waals surface area (Å²) in [6.07, 6.45) is 0. The Labute approximate surface area is 150 Å². The second-order valence-corrected chi connectivity index (χ2v) is 6.55. The Morgan fingerprint density at radius 2 is 1.17 bits per heavy atom. The van der Waals surface area contributed by atoms with Crippen LogP contribution in [0.4, 0.5) is 0 Å². The highest BCUT2D eigenvalue weighted by Gasteiger charge is 2.16. The molecule has 120 valence electrons. The molecule has 0 saturated heterocycles. The van der Waals surface area contributed by atoms with Gasteiger partial charge in [0, 0.05) is 23.1 Å². The molecule has 0 radical (unpaired) electrons. The molecular weight excluding hydrogens is 362 g/mol. The SMILES string of the molecule is O=C(c1ccc(Br)cc1)N(Cc1ccccc1)Cc1ccccc1. The van der Waals surface area contributed by atoms with Gasteiger partial charge in [-0.3, -0.25) is 4.79 Å². The van der Waals surface area contributed by atoms with Gasteiger partial charge in [0.25, 0.3) is 5.91 Å². The highest BCUT2D eigenvalue weighted by Crippen LogP contribution is 2.16. The molecule has 0 fully saturated rings. The smallest absolute Gasteiger partial charge is 0.254 e. The lowest BCUT2D eigenvalue weighted by Gasteiger charge is -2.23. The van der Waals surface area contributed by atoms with E-state index in [1.54, 1.807) is 0 Å². The molecule has 0 bridgehead atoms. The Balaban J connectivity index is 1.85. The van der Waals surface area contributed by atoms with Crippen LogP contribution in [0.25, 0.3) is 0 Å². The zero-order valence-electron chi connectivity index (χ0n) is 13.2. The van der Waals surface area contributed by atoms with E-state index in [4.69, 9.17) is 0 Å². The second-order valence-electron chi connectivity index (χ2n) is 5.64. The maximum Gasteiger partial charge on any atom is 0.254 e. The summed E-state index contributed by atoms with van der Waals surface area (Å²) in [5, 5.41) is 0. The highest BCUT2D eigenvalue weighted by molar-refractivity contribution is 9.10. The fourth-order valence-corrected chi connectivity index (χ4v) is 2.85. The molecule has 0 saturated carbocycles. The van der Waals surface area contributed by atoms with Crippen molar-refractivity contribution in [3.63, 3.8) is 0 Å². The molecule has 0 aliphatic carbocycles. The molecule has 1 amide bonds. The summed E-state index contributed by atoms with van der Waals surface area (Å²) >= 11 is 3.41. The monoisotopic (exact) mass is 379 g/mol. The summed E-state index contributed by atoms with van der Waals surface area (Å²) < 4.78 is 0.969. The number of carbonyl (C=O) groups excluding carboxylic acids is 1. The molecule has 0 aliphatic heterocycles. The number of amides is 1. The number of hydrogen-bond acceptors (Lipinski definition) is 1. The zero-order valence-corrected chi connectivity index (χ0v) is 14.8. The first-order valence-electron chi connectivity index (χ1n) is 7.85. The Morgan fingerprint density at radius 3 is 1.62 bits per heavy atom. The molecule has 0 aromatic heterocycles. The highest BCUT2D eigenvalue weighted by atomic mass is 79.9. The van der Waals surface area contributed by atoms with Crippen LogP contribution >= 0.6 is 15.9 Å². The van der Waals surface area contributed by atoms with Gasteiger partial charge in [0.05, 0.1) is 0 Å². The van der Waals surface area contributed by atoms with Crippen molar-refractivity contribution in [2.45, 2.75) is 13.1 Å². The maximum atomic E-state index is 13.0. The lowest BCUT2D eigenvalue weighted by atomic mass is 10.1. The Hall–Kier alpha value is -2.39. The molecule has 24 heavy (non-hydrogen) atoms. The van der Waals surface area contributed by atoms with E-state index in [9.17, 15) is 4.79 Å². The number of hydrogen-bond donors (Lipinski definition) is 0. The molecule has 0 aliphatic rings. The van der Waals surface area contributed by atoms with Crippen LogP contribution in [0, 0.1) is 0 Å². The van der Waals surface area contributed by atoms with Gasteiger partial charge in [-0.05, 0) is 35.4 Å². The third-order valence-corrected chi connectivity index (χ3v) is 4.34. The van der Waals surface area contributed by atoms with Crippen LogP contribution < -0.4 is 0 Å². The lowest BCUT2D eigenvalue weighted by molar-refractivity contribution is 0.0730. The summed E-state index contributed by atoms with van der Waals surface area (Å²) in [5.41, 5.74) is 2.95. The van der Waals surface area contributed by atoms with Gasteiger partial charge in [-0.2, -0.15) is 0 Å². The second kappa shape index (κ2) is 7.93. The summed E-state index contributed by atoms with van der Waals surface area (Å²) in [6.45, 7) is 1.18. The van der Waals surface area contributed by atoms with E-state index >= 15 is 0 Å². The first-order valence-corrected chi connectivity index (χ1v) is 8.64. The lowest BCUT2D eigenvalue weighted by Crippen LogP contribution is -2.30. The van der Waals surface area contributed by atoms with Gasteiger partial charge in [-0.25, -0.2) is 0 Å². The molecule has 0 spiro atoms. The minimum absolute atomic E-state index is 0.0372. The maximum absolute atomic E-state index is 13.0. The number of halogens is 1. The molecule has 0 atom stereocenters. The van der Waals surface area contributed by atoms with Crippen molar-refractivity contribution in [2.75, 3.05) is 0 Å². The number of nitrogens with zero attached hydrogens (tertiary/aromatic N) is 1. The van der Waals surface area contributed by atoms with Crippen molar-refractivity contribution in [2.24, 2.45) is 0 Å². The first-order chi connectivity index (χ1) is 11.7. The van der Waals surface area contributed by atoms with Crippen LogP contribution in [0.1, 0.15) is 21.5 Å². The van der Waals surface area contributed by atoms with Crippen LogP contribution in [-0.2, 0) is 13.1 Å². The first kappa shape index (κ1) is 16.5. The van der Waals surface area contributed by atoms with Crippen molar-refractivity contribution in [1.29, 1.82) is 0 Å². The van der Waals surface area contributed by atoms with E-state index < -0.39 is 0 Å². The molecule has 3 aromatic carbocycles. The third-order valence-electron chi connectivity index (χ3n) is 3.81. The van der Waals surface area contributed by atoms with Crippen molar-refractivity contribution in [3.05, 3.63) is 106 Å². The average molecular weight is 380 g/mol. The van der Waals surface area contributed by atoms with Gasteiger partial charge < -0.3 is 4.90 Å². The van der Waals surface area contributed by atoms with E-state index in [1.807, 2.05) is 89.8 Å². The van der Waals surface area contributed by atoms with Crippen molar-refractivity contribution < 1.29 is 4.79 Å². The van der Waals surface area contributed by atoms with Crippen LogP contribution in [0.3, 0.4) is 0 Å². The van der Waals surface area contributed by atoms with E-state index in [0.717, 1.165) is 15.6 Å². The Kier molecular flexibility index (Phi) is 5.44. The summed E-state index contributed by atoms with van der Waals surface area (Å²) in [5.74, 6) is 0.0372. The number of rotatable bonds is 5. The van der Waals surface area contributed by atoms with Crippen LogP contribution in [0.15, 0.2) is 89.4 Å². The molecule has 3 heteroatoms. The molecule has 0 N–H and O–H groups in total. The summed E-state index contributed by atoms with van der Waals surface area (Å²) in [7, 11) is 0. The van der Waals surface area contributed by atoms with Gasteiger partial charge in [0.1, 0.15) is 0 Å². The van der Waals surface area contributed by atoms with Crippen LogP contribution in [0.5, 0.6) is 0 Å².